The van der Waals surface area contributed by atoms with Crippen molar-refractivity contribution >= 4 is 21.1 Å². The number of rotatable bonds is 3. The largest absolute Gasteiger partial charge is 0.522 e. The number of hydrogen-bond donors (Lipinski definition) is 2. The molecule has 0 aliphatic carbocycles. The summed E-state index contributed by atoms with van der Waals surface area (Å²) in [7, 11) is -3.85. The Hall–Kier alpha value is -1.85. The van der Waals surface area contributed by atoms with Crippen LogP contribution in [0, 0.1) is 0 Å². The maximum absolute atomic E-state index is 12.6. The molecule has 0 radical (unpaired) electrons. The molecule has 1 aliphatic rings. The molecule has 0 spiro atoms. The highest BCUT2D eigenvalue weighted by Crippen LogP contribution is 2.27. The van der Waals surface area contributed by atoms with Crippen LogP contribution in [0.4, 0.5) is 13.2 Å². The van der Waals surface area contributed by atoms with Crippen LogP contribution in [0.1, 0.15) is 12.8 Å². The minimum absolute atomic E-state index is 0.0274. The molecule has 0 saturated carbocycles. The summed E-state index contributed by atoms with van der Waals surface area (Å²) in [5.74, 6) is 0. The molecule has 1 aromatic carbocycles. The van der Waals surface area contributed by atoms with Crippen molar-refractivity contribution in [2.45, 2.75) is 30.2 Å². The summed E-state index contributed by atoms with van der Waals surface area (Å²) in [5, 5.41) is 0. The second-order valence-corrected chi connectivity index (χ2v) is 7.39. The van der Waals surface area contributed by atoms with E-state index in [1.54, 1.807) is 0 Å². The Morgan fingerprint density at radius 2 is 1.75 bits per heavy atom. The van der Waals surface area contributed by atoms with E-state index in [2.05, 4.69) is 14.7 Å². The Morgan fingerprint density at radius 1 is 1.12 bits per heavy atom. The summed E-state index contributed by atoms with van der Waals surface area (Å²) < 4.78 is 66.8. The van der Waals surface area contributed by atoms with Gasteiger partial charge in [-0.1, -0.05) is 0 Å². The van der Waals surface area contributed by atoms with E-state index in [9.17, 15) is 26.4 Å². The summed E-state index contributed by atoms with van der Waals surface area (Å²) in [5.41, 5.74) is 0.359. The fourth-order valence-corrected chi connectivity index (χ4v) is 4.20. The van der Waals surface area contributed by atoms with Crippen LogP contribution >= 0.6 is 0 Å². The number of halogens is 3. The lowest BCUT2D eigenvalue weighted by Gasteiger charge is -2.31. The second-order valence-electron chi connectivity index (χ2n) is 5.45. The first kappa shape index (κ1) is 17.0. The molecule has 24 heavy (non-hydrogen) atoms. The Bertz CT molecular complexity index is 895. The summed E-state index contributed by atoms with van der Waals surface area (Å²) in [6.07, 6.45) is -5.85. The lowest BCUT2D eigenvalue weighted by molar-refractivity contribution is -0.345. The highest BCUT2D eigenvalue weighted by atomic mass is 32.2. The number of sulfonamides is 1. The molecular formula is C13H14F3N3O4S. The highest BCUT2D eigenvalue weighted by molar-refractivity contribution is 7.89. The number of nitrogens with zero attached hydrogens (tertiary/aromatic N) is 1. The van der Waals surface area contributed by atoms with E-state index in [1.165, 1.54) is 18.2 Å². The van der Waals surface area contributed by atoms with E-state index in [1.807, 2.05) is 0 Å². The van der Waals surface area contributed by atoms with Gasteiger partial charge in [-0.15, -0.1) is 13.2 Å². The quantitative estimate of drug-likeness (QED) is 0.863. The van der Waals surface area contributed by atoms with Gasteiger partial charge in [0.25, 0.3) is 0 Å². The molecule has 2 aromatic rings. The molecule has 0 atom stereocenters. The molecule has 0 bridgehead atoms. The zero-order chi connectivity index (χ0) is 17.5. The molecule has 0 unspecified atom stereocenters. The SMILES string of the molecule is O=c1[nH]c2ccc(S(=O)(=O)N3CCC(OC(F)(F)F)CC3)cc2[nH]1. The Labute approximate surface area is 134 Å². The van der Waals surface area contributed by atoms with Crippen LogP contribution in [0.15, 0.2) is 27.9 Å². The summed E-state index contributed by atoms with van der Waals surface area (Å²) >= 11 is 0. The third kappa shape index (κ3) is 3.47. The number of nitrogens with one attached hydrogen (secondary N) is 2. The fourth-order valence-electron chi connectivity index (χ4n) is 2.70. The van der Waals surface area contributed by atoms with E-state index in [0.29, 0.717) is 11.0 Å². The number of aromatic nitrogens is 2. The van der Waals surface area contributed by atoms with Gasteiger partial charge < -0.3 is 9.97 Å². The molecule has 0 amide bonds. The monoisotopic (exact) mass is 365 g/mol. The van der Waals surface area contributed by atoms with Gasteiger partial charge in [0.2, 0.25) is 10.0 Å². The van der Waals surface area contributed by atoms with Gasteiger partial charge in [0.05, 0.1) is 22.0 Å². The number of H-pyrrole nitrogens is 2. The van der Waals surface area contributed by atoms with Crippen molar-refractivity contribution in [1.82, 2.24) is 14.3 Å². The van der Waals surface area contributed by atoms with Crippen LogP contribution in [0.5, 0.6) is 0 Å². The molecule has 2 N–H and O–H groups in total. The van der Waals surface area contributed by atoms with Gasteiger partial charge in [0.1, 0.15) is 0 Å². The Balaban J connectivity index is 1.77. The predicted octanol–water partition coefficient (Wildman–Crippen LogP) is 1.55. The van der Waals surface area contributed by atoms with Crippen LogP contribution in [0.3, 0.4) is 0 Å². The van der Waals surface area contributed by atoms with Crippen LogP contribution in [0.2, 0.25) is 0 Å². The Kier molecular flexibility index (Phi) is 4.18. The summed E-state index contributed by atoms with van der Waals surface area (Å²) in [6, 6.07) is 4.13. The first-order chi connectivity index (χ1) is 11.1. The minimum atomic E-state index is -4.73. The van der Waals surface area contributed by atoms with Gasteiger partial charge in [0, 0.05) is 13.1 Å². The zero-order valence-corrected chi connectivity index (χ0v) is 13.1. The number of ether oxygens (including phenoxy) is 1. The average molecular weight is 365 g/mol. The van der Waals surface area contributed by atoms with Crippen molar-refractivity contribution in [3.05, 3.63) is 28.7 Å². The average Bonchev–Trinajstić information content (AvgIpc) is 2.85. The molecule has 1 fully saturated rings. The standard InChI is InChI=1S/C13H14F3N3O4S/c14-13(15,16)23-8-3-5-19(6-4-8)24(21,22)9-1-2-10-11(7-9)18-12(20)17-10/h1-2,7-8H,3-6H2,(H2,17,18,20). The van der Waals surface area contributed by atoms with Gasteiger partial charge >= 0.3 is 12.1 Å². The second kappa shape index (κ2) is 5.90. The number of piperidine rings is 1. The molecule has 1 aromatic heterocycles. The third-order valence-electron chi connectivity index (χ3n) is 3.83. The summed E-state index contributed by atoms with van der Waals surface area (Å²) in [4.78, 5) is 16.2. The predicted molar refractivity (Wildman–Crippen MR) is 77.8 cm³/mol. The smallest absolute Gasteiger partial charge is 0.306 e. The van der Waals surface area contributed by atoms with Crippen LogP contribution in [0.25, 0.3) is 11.0 Å². The van der Waals surface area contributed by atoms with Crippen LogP contribution < -0.4 is 5.69 Å². The highest BCUT2D eigenvalue weighted by Gasteiger charge is 2.37. The Morgan fingerprint density at radius 3 is 2.38 bits per heavy atom. The van der Waals surface area contributed by atoms with Crippen molar-refractivity contribution in [2.24, 2.45) is 0 Å². The van der Waals surface area contributed by atoms with Crippen molar-refractivity contribution in [3.63, 3.8) is 0 Å². The first-order valence-corrected chi connectivity index (χ1v) is 8.56. The number of hydrogen-bond acceptors (Lipinski definition) is 4. The van der Waals surface area contributed by atoms with Gasteiger partial charge in [-0.05, 0) is 31.0 Å². The van der Waals surface area contributed by atoms with Crippen molar-refractivity contribution in [1.29, 1.82) is 0 Å². The zero-order valence-electron chi connectivity index (χ0n) is 12.3. The number of aromatic amines is 2. The fraction of sp³-hybridized carbons (Fsp3) is 0.462. The van der Waals surface area contributed by atoms with E-state index in [0.717, 1.165) is 4.31 Å². The first-order valence-electron chi connectivity index (χ1n) is 7.12. The minimum Gasteiger partial charge on any atom is -0.306 e. The van der Waals surface area contributed by atoms with E-state index in [4.69, 9.17) is 0 Å². The van der Waals surface area contributed by atoms with Crippen molar-refractivity contribution < 1.29 is 26.3 Å². The van der Waals surface area contributed by atoms with Gasteiger partial charge in [-0.25, -0.2) is 13.2 Å². The normalized spacial score (nSPS) is 18.3. The topological polar surface area (TPSA) is 95.3 Å². The maximum atomic E-state index is 12.6. The van der Waals surface area contributed by atoms with Gasteiger partial charge in [-0.3, -0.25) is 4.74 Å². The molecule has 1 aliphatic heterocycles. The van der Waals surface area contributed by atoms with E-state index in [-0.39, 0.29) is 30.8 Å². The van der Waals surface area contributed by atoms with Crippen LogP contribution in [-0.4, -0.2) is 48.2 Å². The molecule has 7 nitrogen and oxygen atoms in total. The number of alkyl halides is 3. The summed E-state index contributed by atoms with van der Waals surface area (Å²) in [6.45, 7) is -0.129. The molecule has 1 saturated heterocycles. The molecule has 3 rings (SSSR count). The number of benzene rings is 1. The lowest BCUT2D eigenvalue weighted by atomic mass is 10.1. The van der Waals surface area contributed by atoms with E-state index < -0.39 is 28.2 Å². The number of imidazole rings is 1. The van der Waals surface area contributed by atoms with Crippen LogP contribution in [-0.2, 0) is 14.8 Å². The molecule has 132 valence electrons. The molecule has 2 heterocycles. The lowest BCUT2D eigenvalue weighted by Crippen LogP contribution is -2.42. The maximum Gasteiger partial charge on any atom is 0.522 e. The van der Waals surface area contributed by atoms with Gasteiger partial charge in [-0.2, -0.15) is 4.31 Å². The third-order valence-corrected chi connectivity index (χ3v) is 5.72. The number of fused-ring (bicyclic) bond motifs is 1. The van der Waals surface area contributed by atoms with Crippen molar-refractivity contribution in [2.75, 3.05) is 13.1 Å². The van der Waals surface area contributed by atoms with E-state index >= 15 is 0 Å². The molecule has 11 heteroatoms. The van der Waals surface area contributed by atoms with Crippen molar-refractivity contribution in [3.8, 4) is 0 Å². The van der Waals surface area contributed by atoms with Gasteiger partial charge in [0.15, 0.2) is 0 Å². The molecular weight excluding hydrogens is 351 g/mol.